The number of aliphatic hydroxyl groups is 2. The van der Waals surface area contributed by atoms with Gasteiger partial charge in [0.25, 0.3) is 0 Å². The third kappa shape index (κ3) is 4.89. The Balaban J connectivity index is 1.16. The average Bonchev–Trinajstić information content (AvgIpc) is 3.24. The number of amides is 1. The van der Waals surface area contributed by atoms with E-state index >= 15 is 0 Å². The molecular weight excluding hydrogens is 490 g/mol. The molecule has 0 radical (unpaired) electrons. The molecule has 5 rings (SSSR count). The van der Waals surface area contributed by atoms with Crippen LogP contribution in [-0.4, -0.2) is 46.6 Å². The highest BCUT2D eigenvalue weighted by molar-refractivity contribution is 5.91. The first kappa shape index (κ1) is 25.2. The van der Waals surface area contributed by atoms with Gasteiger partial charge in [-0.25, -0.2) is 14.4 Å². The summed E-state index contributed by atoms with van der Waals surface area (Å²) in [5.74, 6) is -1.49. The third-order valence-corrected chi connectivity index (χ3v) is 6.75. The second-order valence-electron chi connectivity index (χ2n) is 9.10. The largest absolute Gasteiger partial charge is 0.477 e. The van der Waals surface area contributed by atoms with E-state index in [1.165, 1.54) is 18.2 Å². The molecule has 38 heavy (non-hydrogen) atoms. The number of carboxylic acids is 1. The van der Waals surface area contributed by atoms with Crippen molar-refractivity contribution in [2.24, 2.45) is 0 Å². The number of aromatic carboxylic acids is 1. The molecule has 1 aromatic heterocycles. The molecule has 9 nitrogen and oxygen atoms in total. The highest BCUT2D eigenvalue weighted by Crippen LogP contribution is 2.44. The number of carbonyl (C=O) groups excluding carboxylic acids is 1. The standard InChI is InChI=1S/C29H25NO8/c31-24(26(32)16-9-10-25-17(13-16)14-22(27(33)34)28(35)38-25)11-12-30-29(36)37-15-23-20-7-3-1-5-18(20)19-6-2-4-8-21(19)23/h1-10,13-14,23-24,26,31-32H,11-12,15H2,(H,30,36)(H,33,34). The Kier molecular flexibility index (Phi) is 6.95. The van der Waals surface area contributed by atoms with Gasteiger partial charge in [-0.1, -0.05) is 54.6 Å². The van der Waals surface area contributed by atoms with Gasteiger partial charge in [0.05, 0.1) is 6.10 Å². The summed E-state index contributed by atoms with van der Waals surface area (Å²) in [5.41, 5.74) is 3.41. The summed E-state index contributed by atoms with van der Waals surface area (Å²) in [4.78, 5) is 35.3. The first-order valence-corrected chi connectivity index (χ1v) is 12.1. The van der Waals surface area contributed by atoms with E-state index in [-0.39, 0.29) is 31.1 Å². The maximum atomic E-state index is 12.3. The number of ether oxygens (including phenoxy) is 1. The van der Waals surface area contributed by atoms with Crippen LogP contribution in [0.15, 0.2) is 82.0 Å². The monoisotopic (exact) mass is 515 g/mol. The van der Waals surface area contributed by atoms with Gasteiger partial charge in [-0.15, -0.1) is 0 Å². The SMILES string of the molecule is O=C(NCCC(O)C(O)c1ccc2oc(=O)c(C(=O)O)cc2c1)OCC1c2ccccc2-c2ccccc21. The van der Waals surface area contributed by atoms with E-state index in [0.717, 1.165) is 28.3 Å². The summed E-state index contributed by atoms with van der Waals surface area (Å²) in [6, 6.07) is 21.5. The number of fused-ring (bicyclic) bond motifs is 4. The molecule has 0 saturated carbocycles. The molecule has 194 valence electrons. The van der Waals surface area contributed by atoms with Gasteiger partial charge in [0.15, 0.2) is 0 Å². The van der Waals surface area contributed by atoms with Gasteiger partial charge < -0.3 is 29.8 Å². The molecular formula is C29H25NO8. The summed E-state index contributed by atoms with van der Waals surface area (Å²) in [6.45, 7) is 0.219. The Morgan fingerprint density at radius 1 is 0.947 bits per heavy atom. The van der Waals surface area contributed by atoms with Crippen LogP contribution in [0.4, 0.5) is 4.79 Å². The predicted octanol–water partition coefficient (Wildman–Crippen LogP) is 3.81. The predicted molar refractivity (Wildman–Crippen MR) is 138 cm³/mol. The maximum absolute atomic E-state index is 12.3. The van der Waals surface area contributed by atoms with Crippen molar-refractivity contribution in [1.29, 1.82) is 0 Å². The van der Waals surface area contributed by atoms with Crippen molar-refractivity contribution in [3.8, 4) is 11.1 Å². The lowest BCUT2D eigenvalue weighted by atomic mass is 9.98. The molecule has 3 aromatic carbocycles. The van der Waals surface area contributed by atoms with E-state index in [1.807, 2.05) is 36.4 Å². The highest BCUT2D eigenvalue weighted by atomic mass is 16.5. The highest BCUT2D eigenvalue weighted by Gasteiger charge is 2.29. The zero-order valence-electron chi connectivity index (χ0n) is 20.2. The molecule has 0 fully saturated rings. The minimum atomic E-state index is -1.43. The fourth-order valence-corrected chi connectivity index (χ4v) is 4.83. The molecule has 4 aromatic rings. The van der Waals surface area contributed by atoms with Gasteiger partial charge in [0.2, 0.25) is 0 Å². The van der Waals surface area contributed by atoms with Gasteiger partial charge >= 0.3 is 17.7 Å². The number of rotatable bonds is 8. The van der Waals surface area contributed by atoms with E-state index in [1.54, 1.807) is 0 Å². The summed E-state index contributed by atoms with van der Waals surface area (Å²) in [7, 11) is 0. The van der Waals surface area contributed by atoms with E-state index in [2.05, 4.69) is 17.4 Å². The lowest BCUT2D eigenvalue weighted by Gasteiger charge is -2.19. The second kappa shape index (κ2) is 10.5. The van der Waals surface area contributed by atoms with Gasteiger partial charge in [0, 0.05) is 17.8 Å². The number of carbonyl (C=O) groups is 2. The fourth-order valence-electron chi connectivity index (χ4n) is 4.83. The molecule has 1 aliphatic carbocycles. The summed E-state index contributed by atoms with van der Waals surface area (Å²) < 4.78 is 10.5. The normalized spacial score (nSPS) is 13.9. The lowest BCUT2D eigenvalue weighted by molar-refractivity contribution is 0.0137. The van der Waals surface area contributed by atoms with Crippen LogP contribution >= 0.6 is 0 Å². The molecule has 1 heterocycles. The molecule has 0 aliphatic heterocycles. The maximum Gasteiger partial charge on any atom is 0.407 e. The summed E-state index contributed by atoms with van der Waals surface area (Å²) in [6.07, 6.45) is -3.14. The van der Waals surface area contributed by atoms with Crippen LogP contribution in [-0.2, 0) is 4.74 Å². The Morgan fingerprint density at radius 2 is 1.61 bits per heavy atom. The van der Waals surface area contributed by atoms with Crippen LogP contribution in [0.3, 0.4) is 0 Å². The first-order chi connectivity index (χ1) is 18.3. The van der Waals surface area contributed by atoms with E-state index < -0.39 is 35.5 Å². The Labute approximate surface area is 216 Å². The van der Waals surface area contributed by atoms with Crippen molar-refractivity contribution in [3.05, 3.63) is 105 Å². The van der Waals surface area contributed by atoms with Gasteiger partial charge in [-0.3, -0.25) is 0 Å². The van der Waals surface area contributed by atoms with Crippen molar-refractivity contribution in [2.45, 2.75) is 24.5 Å². The number of hydrogen-bond donors (Lipinski definition) is 4. The number of alkyl carbamates (subject to hydrolysis) is 1. The first-order valence-electron chi connectivity index (χ1n) is 12.1. The molecule has 4 N–H and O–H groups in total. The number of carboxylic acid groups (broad SMARTS) is 1. The molecule has 0 bridgehead atoms. The summed E-state index contributed by atoms with van der Waals surface area (Å²) in [5, 5.41) is 33.1. The zero-order valence-corrected chi connectivity index (χ0v) is 20.2. The molecule has 2 atom stereocenters. The summed E-state index contributed by atoms with van der Waals surface area (Å²) >= 11 is 0. The van der Waals surface area contributed by atoms with Gasteiger partial charge in [0.1, 0.15) is 23.9 Å². The van der Waals surface area contributed by atoms with Crippen LogP contribution in [0.1, 0.15) is 45.5 Å². The molecule has 1 aliphatic rings. The van der Waals surface area contributed by atoms with Crippen LogP contribution in [0.2, 0.25) is 0 Å². The van der Waals surface area contributed by atoms with Crippen LogP contribution < -0.4 is 10.9 Å². The van der Waals surface area contributed by atoms with Gasteiger partial charge in [-0.2, -0.15) is 0 Å². The zero-order chi connectivity index (χ0) is 26.8. The average molecular weight is 516 g/mol. The number of benzene rings is 3. The van der Waals surface area contributed by atoms with Crippen molar-refractivity contribution < 1.29 is 34.1 Å². The van der Waals surface area contributed by atoms with Crippen molar-refractivity contribution >= 4 is 23.0 Å². The number of aliphatic hydroxyl groups excluding tert-OH is 2. The minimum Gasteiger partial charge on any atom is -0.477 e. The van der Waals surface area contributed by atoms with Crippen LogP contribution in [0, 0.1) is 0 Å². The molecule has 1 amide bonds. The minimum absolute atomic E-state index is 0.0354. The second-order valence-corrected chi connectivity index (χ2v) is 9.10. The van der Waals surface area contributed by atoms with Crippen molar-refractivity contribution in [1.82, 2.24) is 5.32 Å². The van der Waals surface area contributed by atoms with Crippen LogP contribution in [0.5, 0.6) is 0 Å². The van der Waals surface area contributed by atoms with Crippen LogP contribution in [0.25, 0.3) is 22.1 Å². The van der Waals surface area contributed by atoms with Crippen molar-refractivity contribution in [2.75, 3.05) is 13.2 Å². The fraction of sp³-hybridized carbons (Fsp3) is 0.207. The van der Waals surface area contributed by atoms with Crippen molar-refractivity contribution in [3.63, 3.8) is 0 Å². The molecule has 9 heteroatoms. The van der Waals surface area contributed by atoms with E-state index in [4.69, 9.17) is 14.3 Å². The number of hydrogen-bond acceptors (Lipinski definition) is 7. The number of nitrogens with one attached hydrogen (secondary N) is 1. The Bertz CT molecular complexity index is 1530. The topological polar surface area (TPSA) is 146 Å². The Hall–Kier alpha value is -4.47. The van der Waals surface area contributed by atoms with E-state index in [9.17, 15) is 24.6 Å². The molecule has 0 spiro atoms. The lowest BCUT2D eigenvalue weighted by Crippen LogP contribution is -2.30. The molecule has 0 saturated heterocycles. The quantitative estimate of drug-likeness (QED) is 0.259. The smallest absolute Gasteiger partial charge is 0.407 e. The Morgan fingerprint density at radius 3 is 2.26 bits per heavy atom. The van der Waals surface area contributed by atoms with E-state index in [0.29, 0.717) is 10.9 Å². The molecule has 2 unspecified atom stereocenters. The van der Waals surface area contributed by atoms with Gasteiger partial charge in [-0.05, 0) is 52.4 Å². The third-order valence-electron chi connectivity index (χ3n) is 6.75.